The monoisotopic (exact) mass is 530 g/mol. The zero-order chi connectivity index (χ0) is 20.5. The van der Waals surface area contributed by atoms with Crippen LogP contribution >= 0.6 is 31.9 Å². The molecule has 2 amide bonds. The molecular weight excluding hydrogens is 512 g/mol. The Morgan fingerprint density at radius 3 is 2.25 bits per heavy atom. The Balaban J connectivity index is 1.77. The Hall–Kier alpha value is -1.58. The van der Waals surface area contributed by atoms with E-state index in [9.17, 15) is 13.2 Å². The number of nitrogens with zero attached hydrogens (tertiary/aromatic N) is 2. The maximum atomic E-state index is 12.6. The molecule has 28 heavy (non-hydrogen) atoms. The van der Waals surface area contributed by atoms with Crippen molar-refractivity contribution in [1.29, 1.82) is 0 Å². The van der Waals surface area contributed by atoms with Crippen LogP contribution in [0, 0.1) is 0 Å². The van der Waals surface area contributed by atoms with Crippen molar-refractivity contribution in [3.8, 4) is 5.75 Å². The zero-order valence-corrected chi connectivity index (χ0v) is 19.4. The third-order valence-electron chi connectivity index (χ3n) is 4.64. The molecule has 0 spiro atoms. The molecule has 1 fully saturated rings. The number of halogens is 2. The highest BCUT2D eigenvalue weighted by atomic mass is 79.9. The van der Waals surface area contributed by atoms with Crippen LogP contribution in [-0.4, -0.2) is 38.5 Å². The molecule has 6 nitrogen and oxygen atoms in total. The molecule has 1 atom stereocenters. The van der Waals surface area contributed by atoms with Crippen molar-refractivity contribution < 1.29 is 17.4 Å². The highest BCUT2D eigenvalue weighted by Crippen LogP contribution is 2.29. The first-order valence-corrected chi connectivity index (χ1v) is 11.8. The van der Waals surface area contributed by atoms with Gasteiger partial charge < -0.3 is 9.08 Å². The number of carbonyl (C=O) groups excluding carboxylic acids is 1. The molecule has 0 N–H and O–H groups in total. The number of urea groups is 1. The van der Waals surface area contributed by atoms with Crippen molar-refractivity contribution in [2.24, 2.45) is 0 Å². The van der Waals surface area contributed by atoms with Crippen LogP contribution < -0.4 is 9.08 Å². The van der Waals surface area contributed by atoms with Crippen molar-refractivity contribution in [2.45, 2.75) is 31.2 Å². The molecule has 0 radical (unpaired) electrons. The van der Waals surface area contributed by atoms with Gasteiger partial charge in [0, 0.05) is 33.8 Å². The van der Waals surface area contributed by atoms with Gasteiger partial charge in [0.1, 0.15) is 10.6 Å². The van der Waals surface area contributed by atoms with E-state index in [0.717, 1.165) is 6.42 Å². The lowest BCUT2D eigenvalue weighted by molar-refractivity contribution is 0.203. The van der Waals surface area contributed by atoms with Crippen LogP contribution in [0.3, 0.4) is 0 Å². The highest BCUT2D eigenvalue weighted by molar-refractivity contribution is 9.11. The van der Waals surface area contributed by atoms with E-state index in [-0.39, 0.29) is 22.7 Å². The standard InChI is InChI=1S/C19H20Br2N2O4S/c1-3-13(2)22-8-9-23(19(22)24)16-4-6-18(7-5-16)28(25,26)27-17-11-14(20)10-15(21)12-17/h4-7,10-13H,3,8-9H2,1-2H3. The maximum Gasteiger partial charge on any atom is 0.339 e. The first kappa shape index (κ1) is 21.1. The number of amides is 2. The van der Waals surface area contributed by atoms with E-state index in [2.05, 4.69) is 31.9 Å². The second-order valence-corrected chi connectivity index (χ2v) is 9.90. The quantitative estimate of drug-likeness (QED) is 0.491. The van der Waals surface area contributed by atoms with Gasteiger partial charge in [-0.3, -0.25) is 4.90 Å². The van der Waals surface area contributed by atoms with Crippen molar-refractivity contribution in [3.63, 3.8) is 0 Å². The van der Waals surface area contributed by atoms with Gasteiger partial charge in [0.25, 0.3) is 0 Å². The summed E-state index contributed by atoms with van der Waals surface area (Å²) in [6.45, 7) is 5.31. The van der Waals surface area contributed by atoms with Crippen LogP contribution in [0.15, 0.2) is 56.3 Å². The number of rotatable bonds is 6. The van der Waals surface area contributed by atoms with E-state index in [1.165, 1.54) is 12.1 Å². The molecule has 0 saturated carbocycles. The summed E-state index contributed by atoms with van der Waals surface area (Å²) in [4.78, 5) is 16.1. The summed E-state index contributed by atoms with van der Waals surface area (Å²) < 4.78 is 31.7. The van der Waals surface area contributed by atoms with Crippen LogP contribution in [-0.2, 0) is 10.1 Å². The summed E-state index contributed by atoms with van der Waals surface area (Å²) in [5.74, 6) is 0.198. The molecule has 150 valence electrons. The third kappa shape index (κ3) is 4.52. The predicted octanol–water partition coefficient (Wildman–Crippen LogP) is 5.02. The fourth-order valence-electron chi connectivity index (χ4n) is 2.97. The minimum atomic E-state index is -3.98. The average molecular weight is 532 g/mol. The smallest absolute Gasteiger partial charge is 0.339 e. The average Bonchev–Trinajstić information content (AvgIpc) is 3.01. The van der Waals surface area contributed by atoms with Gasteiger partial charge in [0.05, 0.1) is 0 Å². The molecule has 1 unspecified atom stereocenters. The largest absolute Gasteiger partial charge is 0.379 e. The minimum Gasteiger partial charge on any atom is -0.379 e. The number of carbonyl (C=O) groups is 1. The normalized spacial score (nSPS) is 15.8. The number of hydrogen-bond donors (Lipinski definition) is 0. The summed E-state index contributed by atoms with van der Waals surface area (Å²) >= 11 is 6.61. The molecule has 0 aromatic heterocycles. The first-order valence-electron chi connectivity index (χ1n) is 8.80. The minimum absolute atomic E-state index is 0.0257. The van der Waals surface area contributed by atoms with Crippen molar-refractivity contribution in [1.82, 2.24) is 4.90 Å². The lowest BCUT2D eigenvalue weighted by Gasteiger charge is -2.23. The Kier molecular flexibility index (Phi) is 6.36. The molecule has 1 aliphatic heterocycles. The molecule has 1 saturated heterocycles. The summed E-state index contributed by atoms with van der Waals surface area (Å²) in [5.41, 5.74) is 0.667. The van der Waals surface area contributed by atoms with E-state index in [4.69, 9.17) is 4.18 Å². The van der Waals surface area contributed by atoms with E-state index in [0.29, 0.717) is 27.7 Å². The van der Waals surface area contributed by atoms with Crippen molar-refractivity contribution in [2.75, 3.05) is 18.0 Å². The lowest BCUT2D eigenvalue weighted by atomic mass is 10.2. The second-order valence-electron chi connectivity index (χ2n) is 6.52. The van der Waals surface area contributed by atoms with Gasteiger partial charge in [-0.05, 0) is 55.8 Å². The van der Waals surface area contributed by atoms with E-state index in [1.54, 1.807) is 35.2 Å². The van der Waals surface area contributed by atoms with Crippen molar-refractivity contribution >= 4 is 53.7 Å². The summed E-state index contributed by atoms with van der Waals surface area (Å²) in [6.07, 6.45) is 0.889. The number of anilines is 1. The number of hydrogen-bond acceptors (Lipinski definition) is 4. The van der Waals surface area contributed by atoms with Gasteiger partial charge >= 0.3 is 16.1 Å². The van der Waals surface area contributed by atoms with E-state index >= 15 is 0 Å². The molecule has 9 heteroatoms. The summed E-state index contributed by atoms with van der Waals surface area (Å²) in [5, 5.41) is 0. The molecule has 1 heterocycles. The van der Waals surface area contributed by atoms with Crippen LogP contribution in [0.25, 0.3) is 0 Å². The molecule has 1 aliphatic rings. The van der Waals surface area contributed by atoms with Gasteiger partial charge in [-0.25, -0.2) is 4.79 Å². The molecule has 0 aliphatic carbocycles. The zero-order valence-electron chi connectivity index (χ0n) is 15.4. The summed E-state index contributed by atoms with van der Waals surface area (Å²) in [7, 11) is -3.98. The van der Waals surface area contributed by atoms with Gasteiger partial charge in [-0.2, -0.15) is 8.42 Å². The SMILES string of the molecule is CCC(C)N1CCN(c2ccc(S(=O)(=O)Oc3cc(Br)cc(Br)c3)cc2)C1=O. The Labute approximate surface area is 181 Å². The summed E-state index contributed by atoms with van der Waals surface area (Å²) in [6, 6.07) is 11.2. The van der Waals surface area contributed by atoms with Gasteiger partial charge in [0.15, 0.2) is 0 Å². The van der Waals surface area contributed by atoms with Crippen LogP contribution in [0.1, 0.15) is 20.3 Å². The maximum absolute atomic E-state index is 12.6. The van der Waals surface area contributed by atoms with Crippen LogP contribution in [0.4, 0.5) is 10.5 Å². The number of benzene rings is 2. The molecule has 3 rings (SSSR count). The molecule has 2 aromatic carbocycles. The Morgan fingerprint density at radius 2 is 1.68 bits per heavy atom. The lowest BCUT2D eigenvalue weighted by Crippen LogP contribution is -2.37. The predicted molar refractivity (Wildman–Crippen MR) is 115 cm³/mol. The Bertz CT molecular complexity index is 960. The highest BCUT2D eigenvalue weighted by Gasteiger charge is 2.32. The van der Waals surface area contributed by atoms with E-state index in [1.807, 2.05) is 18.7 Å². The third-order valence-corrected chi connectivity index (χ3v) is 6.82. The van der Waals surface area contributed by atoms with Gasteiger partial charge in [-0.15, -0.1) is 0 Å². The van der Waals surface area contributed by atoms with Crippen molar-refractivity contribution in [3.05, 3.63) is 51.4 Å². The topological polar surface area (TPSA) is 66.9 Å². The fraction of sp³-hybridized carbons (Fsp3) is 0.316. The molecular formula is C19H20Br2N2O4S. The Morgan fingerprint density at radius 1 is 1.07 bits per heavy atom. The van der Waals surface area contributed by atoms with E-state index < -0.39 is 10.1 Å². The van der Waals surface area contributed by atoms with Gasteiger partial charge in [-0.1, -0.05) is 38.8 Å². The first-order chi connectivity index (χ1) is 13.2. The second kappa shape index (κ2) is 8.42. The molecule has 2 aromatic rings. The van der Waals surface area contributed by atoms with Crippen LogP contribution in [0.2, 0.25) is 0 Å². The fourth-order valence-corrected chi connectivity index (χ4v) is 5.13. The van der Waals surface area contributed by atoms with Gasteiger partial charge in [0.2, 0.25) is 0 Å². The molecule has 0 bridgehead atoms. The van der Waals surface area contributed by atoms with Crippen LogP contribution in [0.5, 0.6) is 5.75 Å².